The maximum Gasteiger partial charge on any atom is 0.265 e. The summed E-state index contributed by atoms with van der Waals surface area (Å²) in [5.74, 6) is 0.669. The van der Waals surface area contributed by atoms with E-state index in [9.17, 15) is 18.7 Å². The first-order valence-electron chi connectivity index (χ1n) is 10.8. The summed E-state index contributed by atoms with van der Waals surface area (Å²) in [6.45, 7) is 4.21. The van der Waals surface area contributed by atoms with Gasteiger partial charge in [0.15, 0.2) is 5.82 Å². The molecule has 0 saturated heterocycles. The number of carbonyl (C=O) groups excluding carboxylic acids is 1. The zero-order valence-corrected chi connectivity index (χ0v) is 18.2. The Labute approximate surface area is 180 Å². The lowest BCUT2D eigenvalue weighted by Crippen LogP contribution is -2.35. The van der Waals surface area contributed by atoms with Crippen molar-refractivity contribution in [3.05, 3.63) is 34.8 Å². The number of carbonyl (C=O) groups is 1. The van der Waals surface area contributed by atoms with Crippen molar-refractivity contribution in [2.45, 2.75) is 71.1 Å². The molecule has 0 aromatic carbocycles. The topological polar surface area (TPSA) is 74.5 Å². The number of amides is 1. The minimum absolute atomic E-state index is 0.00443. The molecule has 2 aromatic rings. The molecule has 0 atom stereocenters. The number of aliphatic hydroxyl groups is 1. The van der Waals surface area contributed by atoms with Crippen LogP contribution in [0.25, 0.3) is 0 Å². The minimum Gasteiger partial charge on any atom is -0.393 e. The second-order valence-electron chi connectivity index (χ2n) is 8.57. The normalized spacial score (nSPS) is 21.3. The summed E-state index contributed by atoms with van der Waals surface area (Å²) in [5.41, 5.74) is 2.80. The van der Waals surface area contributed by atoms with E-state index in [4.69, 9.17) is 5.10 Å². The number of anilines is 2. The van der Waals surface area contributed by atoms with E-state index in [1.165, 1.54) is 6.07 Å². The molecule has 0 radical (unpaired) electrons. The summed E-state index contributed by atoms with van der Waals surface area (Å²) in [4.78, 5) is 19.8. The molecule has 1 N–H and O–H groups in total. The van der Waals surface area contributed by atoms with Gasteiger partial charge in [-0.25, -0.2) is 8.78 Å². The van der Waals surface area contributed by atoms with Gasteiger partial charge in [0.2, 0.25) is 5.91 Å². The molecule has 4 rings (SSSR count). The van der Waals surface area contributed by atoms with Crippen LogP contribution in [0, 0.1) is 6.92 Å². The van der Waals surface area contributed by atoms with Crippen LogP contribution in [0.4, 0.5) is 20.3 Å². The summed E-state index contributed by atoms with van der Waals surface area (Å²) < 4.78 is 28.9. The predicted molar refractivity (Wildman–Crippen MR) is 113 cm³/mol. The molecule has 3 heterocycles. The molecule has 168 valence electrons. The van der Waals surface area contributed by atoms with Crippen molar-refractivity contribution in [1.82, 2.24) is 19.7 Å². The third-order valence-corrected chi connectivity index (χ3v) is 6.57. The molecular weight excluding hydrogens is 404 g/mol. The van der Waals surface area contributed by atoms with Crippen LogP contribution in [-0.2, 0) is 17.8 Å². The molecule has 2 aromatic heterocycles. The summed E-state index contributed by atoms with van der Waals surface area (Å²) in [6.07, 6.45) is 2.58. The third-order valence-electron chi connectivity index (χ3n) is 6.57. The van der Waals surface area contributed by atoms with Crippen LogP contribution in [0.2, 0.25) is 0 Å². The number of pyridine rings is 1. The van der Waals surface area contributed by atoms with Gasteiger partial charge in [0.1, 0.15) is 0 Å². The first kappa shape index (κ1) is 21.7. The van der Waals surface area contributed by atoms with E-state index in [-0.39, 0.29) is 23.6 Å². The predicted octanol–water partition coefficient (Wildman–Crippen LogP) is 3.67. The Balaban J connectivity index is 1.74. The largest absolute Gasteiger partial charge is 0.393 e. The van der Waals surface area contributed by atoms with Crippen LogP contribution in [0.3, 0.4) is 0 Å². The number of aromatic nitrogens is 3. The lowest BCUT2D eigenvalue weighted by atomic mass is 9.92. The number of hydrogen-bond donors (Lipinski definition) is 1. The van der Waals surface area contributed by atoms with E-state index in [1.807, 2.05) is 0 Å². The number of nitrogens with zero attached hydrogens (tertiary/aromatic N) is 5. The Kier molecular flexibility index (Phi) is 5.96. The highest BCUT2D eigenvalue weighted by atomic mass is 19.3. The number of alkyl halides is 2. The maximum atomic E-state index is 13.4. The number of halogens is 2. The average molecular weight is 434 g/mol. The Hall–Kier alpha value is -2.55. The molecule has 31 heavy (non-hydrogen) atoms. The highest BCUT2D eigenvalue weighted by Crippen LogP contribution is 2.38. The molecule has 0 unspecified atom stereocenters. The molecular formula is C22H29F2N5O2. The van der Waals surface area contributed by atoms with Crippen molar-refractivity contribution in [1.29, 1.82) is 0 Å². The molecule has 7 nitrogen and oxygen atoms in total. The second kappa shape index (κ2) is 8.53. The van der Waals surface area contributed by atoms with Gasteiger partial charge in [0, 0.05) is 49.5 Å². The lowest BCUT2D eigenvalue weighted by molar-refractivity contribution is -0.129. The Morgan fingerprint density at radius 1 is 1.29 bits per heavy atom. The van der Waals surface area contributed by atoms with Crippen LogP contribution in [-0.4, -0.2) is 50.4 Å². The quantitative estimate of drug-likeness (QED) is 0.796. The van der Waals surface area contributed by atoms with Crippen LogP contribution in [0.5, 0.6) is 0 Å². The molecule has 9 heteroatoms. The van der Waals surface area contributed by atoms with Crippen LogP contribution >= 0.6 is 0 Å². The van der Waals surface area contributed by atoms with Gasteiger partial charge >= 0.3 is 0 Å². The fraction of sp³-hybridized carbons (Fsp3) is 0.591. The number of aliphatic hydroxyl groups excluding tert-OH is 1. The monoisotopic (exact) mass is 433 g/mol. The van der Waals surface area contributed by atoms with E-state index >= 15 is 0 Å². The van der Waals surface area contributed by atoms with Gasteiger partial charge < -0.3 is 14.9 Å². The van der Waals surface area contributed by atoms with Crippen molar-refractivity contribution in [2.24, 2.45) is 0 Å². The highest BCUT2D eigenvalue weighted by Gasteiger charge is 2.32. The molecule has 1 saturated carbocycles. The molecule has 1 aliphatic heterocycles. The molecule has 1 amide bonds. The summed E-state index contributed by atoms with van der Waals surface area (Å²) in [7, 11) is 1.80. The van der Waals surface area contributed by atoms with Crippen molar-refractivity contribution >= 4 is 17.4 Å². The van der Waals surface area contributed by atoms with E-state index in [2.05, 4.69) is 9.67 Å². The standard InChI is InChI=1S/C22H29F2N5O2/c1-13-18(21(23)24)10-16(11-25-13)27(3)22-19-12-28(14(2)30)9-8-20(19)29(26-22)15-4-6-17(31)7-5-15/h10-11,15,17,21,31H,4-9,12H2,1-3H3. The molecule has 2 aliphatic rings. The zero-order chi connectivity index (χ0) is 22.3. The zero-order valence-electron chi connectivity index (χ0n) is 18.2. The molecule has 0 bridgehead atoms. The Bertz CT molecular complexity index is 969. The Morgan fingerprint density at radius 3 is 2.65 bits per heavy atom. The minimum atomic E-state index is -2.60. The number of aryl methyl sites for hydroxylation is 1. The number of fused-ring (bicyclic) bond motifs is 1. The molecule has 0 spiro atoms. The van der Waals surface area contributed by atoms with Gasteiger partial charge in [0.05, 0.1) is 30.6 Å². The SMILES string of the molecule is CC(=O)N1CCc2c(c(N(C)c3cnc(C)c(C(F)F)c3)nn2C2CCC(O)CC2)C1. The van der Waals surface area contributed by atoms with E-state index in [0.717, 1.165) is 36.9 Å². The summed E-state index contributed by atoms with van der Waals surface area (Å²) in [6, 6.07) is 1.65. The first-order chi connectivity index (χ1) is 14.8. The average Bonchev–Trinajstić information content (AvgIpc) is 3.12. The van der Waals surface area contributed by atoms with Crippen LogP contribution in [0.1, 0.15) is 67.6 Å². The third kappa shape index (κ3) is 4.15. The van der Waals surface area contributed by atoms with Crippen LogP contribution in [0.15, 0.2) is 12.3 Å². The number of hydrogen-bond acceptors (Lipinski definition) is 5. The Morgan fingerprint density at radius 2 is 2.00 bits per heavy atom. The van der Waals surface area contributed by atoms with Gasteiger partial charge in [-0.2, -0.15) is 5.10 Å². The van der Waals surface area contributed by atoms with Gasteiger partial charge in [0.25, 0.3) is 6.43 Å². The van der Waals surface area contributed by atoms with E-state index in [1.54, 1.807) is 36.9 Å². The van der Waals surface area contributed by atoms with Crippen LogP contribution < -0.4 is 4.90 Å². The van der Waals surface area contributed by atoms with E-state index < -0.39 is 6.43 Å². The van der Waals surface area contributed by atoms with Crippen molar-refractivity contribution in [3.8, 4) is 0 Å². The fourth-order valence-electron chi connectivity index (χ4n) is 4.64. The smallest absolute Gasteiger partial charge is 0.265 e. The lowest BCUT2D eigenvalue weighted by Gasteiger charge is -2.30. The van der Waals surface area contributed by atoms with Crippen molar-refractivity contribution < 1.29 is 18.7 Å². The highest BCUT2D eigenvalue weighted by molar-refractivity contribution is 5.74. The fourth-order valence-corrected chi connectivity index (χ4v) is 4.64. The second-order valence-corrected chi connectivity index (χ2v) is 8.57. The first-order valence-corrected chi connectivity index (χ1v) is 10.8. The van der Waals surface area contributed by atoms with Gasteiger partial charge in [-0.05, 0) is 38.7 Å². The summed E-state index contributed by atoms with van der Waals surface area (Å²) >= 11 is 0. The number of rotatable bonds is 4. The summed E-state index contributed by atoms with van der Waals surface area (Å²) in [5, 5.41) is 14.8. The molecule has 1 fully saturated rings. The van der Waals surface area contributed by atoms with Crippen molar-refractivity contribution in [2.75, 3.05) is 18.5 Å². The van der Waals surface area contributed by atoms with E-state index in [0.29, 0.717) is 36.7 Å². The van der Waals surface area contributed by atoms with Gasteiger partial charge in [-0.15, -0.1) is 0 Å². The van der Waals surface area contributed by atoms with Gasteiger partial charge in [-0.3, -0.25) is 14.5 Å². The molecule has 1 aliphatic carbocycles. The van der Waals surface area contributed by atoms with Crippen molar-refractivity contribution in [3.63, 3.8) is 0 Å². The van der Waals surface area contributed by atoms with Gasteiger partial charge in [-0.1, -0.05) is 0 Å². The maximum absolute atomic E-state index is 13.4.